The molecule has 0 spiro atoms. The second kappa shape index (κ2) is 7.48. The summed E-state index contributed by atoms with van der Waals surface area (Å²) in [7, 11) is 2.94. The van der Waals surface area contributed by atoms with Crippen LogP contribution in [0.1, 0.15) is 11.9 Å². The fourth-order valence-electron chi connectivity index (χ4n) is 2.70. The molecule has 1 aromatic rings. The van der Waals surface area contributed by atoms with Gasteiger partial charge in [0.2, 0.25) is 0 Å². The number of ether oxygens (including phenoxy) is 6. The van der Waals surface area contributed by atoms with Crippen molar-refractivity contribution in [1.82, 2.24) is 0 Å². The molecule has 2 heterocycles. The van der Waals surface area contributed by atoms with E-state index in [4.69, 9.17) is 28.4 Å². The van der Waals surface area contributed by atoms with Crippen molar-refractivity contribution in [2.75, 3.05) is 27.6 Å². The summed E-state index contributed by atoms with van der Waals surface area (Å²) >= 11 is 0. The molecule has 0 saturated carbocycles. The van der Waals surface area contributed by atoms with Crippen molar-refractivity contribution in [2.45, 2.75) is 30.9 Å². The Balaban J connectivity index is 1.74. The molecule has 7 nitrogen and oxygen atoms in total. The van der Waals surface area contributed by atoms with E-state index in [2.05, 4.69) is 0 Å². The van der Waals surface area contributed by atoms with Crippen LogP contribution < -0.4 is 0 Å². The quantitative estimate of drug-likeness (QED) is 0.749. The summed E-state index contributed by atoms with van der Waals surface area (Å²) in [5, 5.41) is 0. The number of rotatable bonds is 5. The smallest absolute Gasteiger partial charge is 0.198 e. The van der Waals surface area contributed by atoms with Gasteiger partial charge < -0.3 is 28.4 Å². The molecule has 5 atom stereocenters. The van der Waals surface area contributed by atoms with E-state index in [9.17, 15) is 4.79 Å². The first-order valence-electron chi connectivity index (χ1n) is 7.39. The van der Waals surface area contributed by atoms with Gasteiger partial charge in [0.15, 0.2) is 30.6 Å². The zero-order valence-electron chi connectivity index (χ0n) is 13.0. The number of ketones is 1. The lowest BCUT2D eigenvalue weighted by atomic mass is 9.99. The molecule has 2 aliphatic heterocycles. The van der Waals surface area contributed by atoms with Crippen molar-refractivity contribution in [3.05, 3.63) is 35.9 Å². The van der Waals surface area contributed by atoms with Crippen LogP contribution in [0, 0.1) is 0 Å². The molecule has 0 radical (unpaired) electrons. The van der Waals surface area contributed by atoms with Crippen LogP contribution in [-0.2, 0) is 33.2 Å². The van der Waals surface area contributed by atoms with Crippen molar-refractivity contribution in [2.24, 2.45) is 0 Å². The molecule has 0 N–H and O–H groups in total. The first-order valence-corrected chi connectivity index (χ1v) is 7.39. The van der Waals surface area contributed by atoms with Crippen molar-refractivity contribution >= 4 is 5.78 Å². The Hall–Kier alpha value is -1.35. The third-order valence-corrected chi connectivity index (χ3v) is 3.81. The average molecular weight is 324 g/mol. The number of benzene rings is 1. The van der Waals surface area contributed by atoms with Gasteiger partial charge in [0, 0.05) is 19.8 Å². The number of fused-ring (bicyclic) bond motifs is 1. The maximum Gasteiger partial charge on any atom is 0.198 e. The van der Waals surface area contributed by atoms with Gasteiger partial charge in [-0.05, 0) is 0 Å². The highest BCUT2D eigenvalue weighted by Crippen LogP contribution is 2.33. The molecule has 126 valence electrons. The van der Waals surface area contributed by atoms with E-state index in [-0.39, 0.29) is 19.2 Å². The van der Waals surface area contributed by atoms with E-state index >= 15 is 0 Å². The summed E-state index contributed by atoms with van der Waals surface area (Å²) in [5.41, 5.74) is 0.849. The number of carbonyl (C=O) groups is 1. The predicted octanol–water partition coefficient (Wildman–Crippen LogP) is 1.03. The van der Waals surface area contributed by atoms with Crippen molar-refractivity contribution in [1.29, 1.82) is 0 Å². The molecule has 0 bridgehead atoms. The molecule has 7 heteroatoms. The third-order valence-electron chi connectivity index (χ3n) is 3.81. The van der Waals surface area contributed by atoms with Gasteiger partial charge in [0.25, 0.3) is 0 Å². The Morgan fingerprint density at radius 2 is 1.96 bits per heavy atom. The minimum atomic E-state index is -0.893. The zero-order chi connectivity index (χ0) is 16.2. The van der Waals surface area contributed by atoms with E-state index in [1.165, 1.54) is 14.2 Å². The van der Waals surface area contributed by atoms with Crippen molar-refractivity contribution in [3.8, 4) is 0 Å². The van der Waals surface area contributed by atoms with Gasteiger partial charge >= 0.3 is 0 Å². The molecule has 0 aromatic heterocycles. The number of carbonyl (C=O) groups excluding carboxylic acids is 1. The molecule has 2 aliphatic rings. The highest BCUT2D eigenvalue weighted by Gasteiger charge is 2.50. The second-order valence-electron chi connectivity index (χ2n) is 5.31. The van der Waals surface area contributed by atoms with Gasteiger partial charge in [0.1, 0.15) is 12.9 Å². The fourth-order valence-corrected chi connectivity index (χ4v) is 2.70. The summed E-state index contributed by atoms with van der Waals surface area (Å²) in [5.74, 6) is -0.227. The number of Topliss-reactive ketones (excluding diaryl/α,β-unsaturated/α-hetero) is 1. The highest BCUT2D eigenvalue weighted by atomic mass is 16.8. The van der Waals surface area contributed by atoms with Crippen LogP contribution in [0.2, 0.25) is 0 Å². The fraction of sp³-hybridized carbons (Fsp3) is 0.562. The third kappa shape index (κ3) is 3.45. The SMILES string of the molecule is COCO[C@@H]1C(=O)[C@@H]2OC(c3ccccc3)OC[C@H]2O[C@@H]1OC. The molecule has 0 amide bonds. The number of hydrogen-bond donors (Lipinski definition) is 0. The first kappa shape index (κ1) is 16.5. The second-order valence-corrected chi connectivity index (χ2v) is 5.31. The van der Waals surface area contributed by atoms with Gasteiger partial charge in [-0.2, -0.15) is 0 Å². The van der Waals surface area contributed by atoms with Gasteiger partial charge in [-0.3, -0.25) is 4.79 Å². The van der Waals surface area contributed by atoms with Crippen LogP contribution in [0.4, 0.5) is 0 Å². The van der Waals surface area contributed by atoms with E-state index in [1.54, 1.807) is 0 Å². The molecule has 2 fully saturated rings. The Kier molecular flexibility index (Phi) is 5.37. The van der Waals surface area contributed by atoms with Crippen LogP contribution in [0.5, 0.6) is 0 Å². The van der Waals surface area contributed by atoms with Crippen LogP contribution in [0.15, 0.2) is 30.3 Å². The molecular weight excluding hydrogens is 304 g/mol. The lowest BCUT2D eigenvalue weighted by Crippen LogP contribution is -2.60. The Labute approximate surface area is 134 Å². The maximum absolute atomic E-state index is 12.7. The maximum atomic E-state index is 12.7. The predicted molar refractivity (Wildman–Crippen MR) is 77.4 cm³/mol. The summed E-state index contributed by atoms with van der Waals surface area (Å²) in [6.07, 6.45) is -3.58. The molecule has 2 saturated heterocycles. The highest BCUT2D eigenvalue weighted by molar-refractivity contribution is 5.89. The van der Waals surface area contributed by atoms with Crippen LogP contribution in [-0.4, -0.2) is 58.0 Å². The molecule has 23 heavy (non-hydrogen) atoms. The van der Waals surface area contributed by atoms with Gasteiger partial charge in [-0.15, -0.1) is 0 Å². The molecule has 3 rings (SSSR count). The molecule has 0 aliphatic carbocycles. The van der Waals surface area contributed by atoms with Crippen LogP contribution in [0.25, 0.3) is 0 Å². The lowest BCUT2D eigenvalue weighted by molar-refractivity contribution is -0.320. The summed E-state index contributed by atoms with van der Waals surface area (Å²) in [6.45, 7) is 0.211. The zero-order valence-corrected chi connectivity index (χ0v) is 13.0. The van der Waals surface area contributed by atoms with Crippen LogP contribution >= 0.6 is 0 Å². The number of methoxy groups -OCH3 is 2. The minimum Gasteiger partial charge on any atom is -0.359 e. The first-order chi connectivity index (χ1) is 11.2. The van der Waals surface area contributed by atoms with Gasteiger partial charge in [0.05, 0.1) is 6.61 Å². The van der Waals surface area contributed by atoms with Gasteiger partial charge in [-0.1, -0.05) is 30.3 Å². The minimum absolute atomic E-state index is 0.0321. The van der Waals surface area contributed by atoms with E-state index in [0.29, 0.717) is 0 Å². The van der Waals surface area contributed by atoms with Crippen molar-refractivity contribution < 1.29 is 33.2 Å². The van der Waals surface area contributed by atoms with Crippen LogP contribution in [0.3, 0.4) is 0 Å². The Bertz CT molecular complexity index is 520. The molecule has 1 unspecified atom stereocenters. The summed E-state index contributed by atoms with van der Waals surface area (Å²) in [6, 6.07) is 9.45. The van der Waals surface area contributed by atoms with Gasteiger partial charge in [-0.25, -0.2) is 0 Å². The lowest BCUT2D eigenvalue weighted by Gasteiger charge is -2.43. The Morgan fingerprint density at radius 1 is 1.17 bits per heavy atom. The average Bonchev–Trinajstić information content (AvgIpc) is 2.61. The monoisotopic (exact) mass is 324 g/mol. The molecule has 1 aromatic carbocycles. The topological polar surface area (TPSA) is 72.5 Å². The Morgan fingerprint density at radius 3 is 2.65 bits per heavy atom. The van der Waals surface area contributed by atoms with E-state index in [1.807, 2.05) is 30.3 Å². The van der Waals surface area contributed by atoms with Crippen molar-refractivity contribution in [3.63, 3.8) is 0 Å². The summed E-state index contributed by atoms with van der Waals surface area (Å²) in [4.78, 5) is 12.7. The molecular formula is C16H20O7. The largest absolute Gasteiger partial charge is 0.359 e. The number of hydrogen-bond acceptors (Lipinski definition) is 7. The standard InChI is InChI=1S/C16H20O7/c1-18-9-21-14-12(17)13-11(22-16(14)19-2)8-20-15(23-13)10-6-4-3-5-7-10/h3-7,11,13-16H,8-9H2,1-2H3/t11-,13-,14-,15?,16+/m1/s1. The normalized spacial score (nSPS) is 34.2. The van der Waals surface area contributed by atoms with E-state index < -0.39 is 30.9 Å². The summed E-state index contributed by atoms with van der Waals surface area (Å²) < 4.78 is 32.7. The van der Waals surface area contributed by atoms with E-state index in [0.717, 1.165) is 5.56 Å².